The van der Waals surface area contributed by atoms with Crippen molar-refractivity contribution in [2.75, 3.05) is 0 Å². The lowest BCUT2D eigenvalue weighted by molar-refractivity contribution is 0.243. The minimum Gasteiger partial charge on any atom is -0.287 e. The predicted molar refractivity (Wildman–Crippen MR) is 92.5 cm³/mol. The standard InChI is InChI=1S/C16H17BrN4S/c1-12-4-5-13(15(17)7-12)8-21(9-14-3-2-6-22-14)10-16-18-11-19-20-16/h2-7,11H,8-10H2,1H3,(H,18,19,20). The van der Waals surface area contributed by atoms with Crippen molar-refractivity contribution in [2.24, 2.45) is 0 Å². The Kier molecular flexibility index (Phi) is 5.02. The molecule has 1 N–H and O–H groups in total. The number of hydrogen-bond donors (Lipinski definition) is 1. The van der Waals surface area contributed by atoms with E-state index in [1.807, 2.05) is 0 Å². The molecule has 0 saturated carbocycles. The zero-order valence-corrected chi connectivity index (χ0v) is 14.7. The van der Waals surface area contributed by atoms with Crippen LogP contribution in [0.4, 0.5) is 0 Å². The van der Waals surface area contributed by atoms with E-state index < -0.39 is 0 Å². The lowest BCUT2D eigenvalue weighted by Crippen LogP contribution is -2.23. The summed E-state index contributed by atoms with van der Waals surface area (Å²) in [7, 11) is 0. The van der Waals surface area contributed by atoms with Crippen LogP contribution in [-0.4, -0.2) is 20.1 Å². The molecule has 22 heavy (non-hydrogen) atoms. The minimum absolute atomic E-state index is 0.748. The highest BCUT2D eigenvalue weighted by Crippen LogP contribution is 2.22. The van der Waals surface area contributed by atoms with Crippen LogP contribution in [0.1, 0.15) is 21.8 Å². The summed E-state index contributed by atoms with van der Waals surface area (Å²) < 4.78 is 1.15. The second-order valence-electron chi connectivity index (χ2n) is 5.25. The molecule has 0 aliphatic carbocycles. The number of thiophene rings is 1. The molecule has 6 heteroatoms. The van der Waals surface area contributed by atoms with Crippen LogP contribution in [0.25, 0.3) is 0 Å². The molecular weight excluding hydrogens is 360 g/mol. The van der Waals surface area contributed by atoms with Crippen molar-refractivity contribution in [2.45, 2.75) is 26.6 Å². The van der Waals surface area contributed by atoms with Gasteiger partial charge in [0.25, 0.3) is 0 Å². The molecule has 3 aromatic rings. The third-order valence-electron chi connectivity index (χ3n) is 3.40. The van der Waals surface area contributed by atoms with Gasteiger partial charge in [-0.1, -0.05) is 34.1 Å². The van der Waals surface area contributed by atoms with E-state index in [4.69, 9.17) is 0 Å². The molecular formula is C16H17BrN4S. The quantitative estimate of drug-likeness (QED) is 0.702. The smallest absolute Gasteiger partial charge is 0.138 e. The van der Waals surface area contributed by atoms with E-state index in [2.05, 4.69) is 78.6 Å². The van der Waals surface area contributed by atoms with Crippen molar-refractivity contribution < 1.29 is 0 Å². The van der Waals surface area contributed by atoms with E-state index in [0.717, 1.165) is 29.9 Å². The lowest BCUT2D eigenvalue weighted by atomic mass is 10.1. The SMILES string of the molecule is Cc1ccc(CN(Cc2ncn[nH]2)Cc2cccs2)c(Br)c1. The molecule has 0 bridgehead atoms. The molecule has 3 rings (SSSR count). The first-order chi connectivity index (χ1) is 10.7. The van der Waals surface area contributed by atoms with E-state index >= 15 is 0 Å². The molecule has 0 unspecified atom stereocenters. The Hall–Kier alpha value is -1.50. The number of H-pyrrole nitrogens is 1. The molecule has 0 aliphatic heterocycles. The molecule has 0 saturated heterocycles. The van der Waals surface area contributed by atoms with Gasteiger partial charge in [-0.25, -0.2) is 4.98 Å². The third kappa shape index (κ3) is 4.03. The van der Waals surface area contributed by atoms with Crippen LogP contribution in [0.2, 0.25) is 0 Å². The Morgan fingerprint density at radius 3 is 2.82 bits per heavy atom. The van der Waals surface area contributed by atoms with E-state index in [0.29, 0.717) is 0 Å². The van der Waals surface area contributed by atoms with Crippen LogP contribution in [0, 0.1) is 6.92 Å². The van der Waals surface area contributed by atoms with Crippen LogP contribution in [-0.2, 0) is 19.6 Å². The maximum absolute atomic E-state index is 4.25. The van der Waals surface area contributed by atoms with Crippen molar-refractivity contribution in [3.8, 4) is 0 Å². The molecule has 2 heterocycles. The van der Waals surface area contributed by atoms with E-state index in [1.165, 1.54) is 16.0 Å². The second-order valence-corrected chi connectivity index (χ2v) is 7.14. The van der Waals surface area contributed by atoms with Gasteiger partial charge in [-0.3, -0.25) is 10.00 Å². The fraction of sp³-hybridized carbons (Fsp3) is 0.250. The van der Waals surface area contributed by atoms with Crippen LogP contribution in [0.15, 0.2) is 46.5 Å². The summed E-state index contributed by atoms with van der Waals surface area (Å²) in [5.41, 5.74) is 2.54. The highest BCUT2D eigenvalue weighted by Gasteiger charge is 2.12. The van der Waals surface area contributed by atoms with Gasteiger partial charge in [0.15, 0.2) is 0 Å². The molecule has 114 valence electrons. The molecule has 1 aromatic carbocycles. The molecule has 2 aromatic heterocycles. The monoisotopic (exact) mass is 376 g/mol. The Bertz CT molecular complexity index is 674. The van der Waals surface area contributed by atoms with E-state index in [-0.39, 0.29) is 0 Å². The second kappa shape index (κ2) is 7.17. The zero-order valence-electron chi connectivity index (χ0n) is 12.3. The Morgan fingerprint density at radius 1 is 1.23 bits per heavy atom. The number of hydrogen-bond acceptors (Lipinski definition) is 4. The topological polar surface area (TPSA) is 44.8 Å². The summed E-state index contributed by atoms with van der Waals surface area (Å²) in [6.07, 6.45) is 1.56. The molecule has 0 fully saturated rings. The number of aromatic nitrogens is 3. The van der Waals surface area contributed by atoms with Gasteiger partial charge in [0.1, 0.15) is 12.2 Å². The van der Waals surface area contributed by atoms with E-state index in [1.54, 1.807) is 17.7 Å². The average Bonchev–Trinajstić information content (AvgIpc) is 3.15. The zero-order chi connectivity index (χ0) is 15.4. The summed E-state index contributed by atoms with van der Waals surface area (Å²) in [4.78, 5) is 7.96. The highest BCUT2D eigenvalue weighted by molar-refractivity contribution is 9.10. The van der Waals surface area contributed by atoms with Crippen LogP contribution in [0.3, 0.4) is 0 Å². The maximum Gasteiger partial charge on any atom is 0.138 e. The van der Waals surface area contributed by atoms with Gasteiger partial charge in [-0.2, -0.15) is 5.10 Å². The van der Waals surface area contributed by atoms with Crippen LogP contribution in [0.5, 0.6) is 0 Å². The fourth-order valence-corrected chi connectivity index (χ4v) is 3.70. The number of nitrogens with zero attached hydrogens (tertiary/aromatic N) is 3. The first-order valence-corrected chi connectivity index (χ1v) is 8.72. The van der Waals surface area contributed by atoms with Gasteiger partial charge in [0.05, 0.1) is 6.54 Å². The van der Waals surface area contributed by atoms with Crippen LogP contribution < -0.4 is 0 Å². The minimum atomic E-state index is 0.748. The third-order valence-corrected chi connectivity index (χ3v) is 5.00. The van der Waals surface area contributed by atoms with Crippen molar-refractivity contribution in [3.63, 3.8) is 0 Å². The van der Waals surface area contributed by atoms with Crippen molar-refractivity contribution in [1.29, 1.82) is 0 Å². The molecule has 0 aliphatic rings. The molecule has 4 nitrogen and oxygen atoms in total. The first kappa shape index (κ1) is 15.4. The summed E-state index contributed by atoms with van der Waals surface area (Å²) in [5, 5.41) is 9.00. The summed E-state index contributed by atoms with van der Waals surface area (Å²) >= 11 is 5.45. The number of rotatable bonds is 6. The number of benzene rings is 1. The molecule has 0 radical (unpaired) electrons. The largest absolute Gasteiger partial charge is 0.287 e. The first-order valence-electron chi connectivity index (χ1n) is 7.05. The lowest BCUT2D eigenvalue weighted by Gasteiger charge is -2.21. The number of nitrogens with one attached hydrogen (secondary N) is 1. The molecule has 0 amide bonds. The Labute approximate surface area is 142 Å². The van der Waals surface area contributed by atoms with Crippen molar-refractivity contribution in [1.82, 2.24) is 20.1 Å². The van der Waals surface area contributed by atoms with Crippen molar-refractivity contribution in [3.05, 3.63) is 68.3 Å². The number of aryl methyl sites for hydroxylation is 1. The maximum atomic E-state index is 4.25. The van der Waals surface area contributed by atoms with Crippen LogP contribution >= 0.6 is 27.3 Å². The van der Waals surface area contributed by atoms with Crippen molar-refractivity contribution >= 4 is 27.3 Å². The number of halogens is 1. The van der Waals surface area contributed by atoms with Gasteiger partial charge >= 0.3 is 0 Å². The fourth-order valence-electron chi connectivity index (χ4n) is 2.33. The molecule has 0 atom stereocenters. The predicted octanol–water partition coefficient (Wildman–Crippen LogP) is 4.14. The summed E-state index contributed by atoms with van der Waals surface area (Å²) in [6.45, 7) is 4.61. The van der Waals surface area contributed by atoms with Gasteiger partial charge < -0.3 is 0 Å². The van der Waals surface area contributed by atoms with Gasteiger partial charge in [-0.05, 0) is 35.6 Å². The van der Waals surface area contributed by atoms with Gasteiger partial charge in [0.2, 0.25) is 0 Å². The highest BCUT2D eigenvalue weighted by atomic mass is 79.9. The molecule has 0 spiro atoms. The Morgan fingerprint density at radius 2 is 2.14 bits per heavy atom. The van der Waals surface area contributed by atoms with Gasteiger partial charge in [0, 0.05) is 22.4 Å². The normalized spacial score (nSPS) is 11.2. The summed E-state index contributed by atoms with van der Waals surface area (Å²) in [6, 6.07) is 10.8. The van der Waals surface area contributed by atoms with E-state index in [9.17, 15) is 0 Å². The van der Waals surface area contributed by atoms with Gasteiger partial charge in [-0.15, -0.1) is 11.3 Å². The summed E-state index contributed by atoms with van der Waals surface area (Å²) in [5.74, 6) is 0.889. The Balaban J connectivity index is 1.77. The number of aromatic amines is 1. The average molecular weight is 377 g/mol.